The molecule has 4 aromatic rings. The van der Waals surface area contributed by atoms with Crippen molar-refractivity contribution in [3.63, 3.8) is 0 Å². The number of rotatable bonds is 13. The second kappa shape index (κ2) is 17.4. The number of nitrogens with zero attached hydrogens (tertiary/aromatic N) is 3. The third kappa shape index (κ3) is 9.38. The second-order valence-corrected chi connectivity index (χ2v) is 18.8. The molecule has 2 aromatic carbocycles. The number of amides is 3. The van der Waals surface area contributed by atoms with E-state index >= 15 is 0 Å². The molecular weight excluding hydrogens is 873 g/mol. The minimum atomic E-state index is -3.93. The maximum Gasteiger partial charge on any atom is 0.259 e. The van der Waals surface area contributed by atoms with E-state index in [-0.39, 0.29) is 66.5 Å². The van der Waals surface area contributed by atoms with Gasteiger partial charge < -0.3 is 25.0 Å². The van der Waals surface area contributed by atoms with Crippen molar-refractivity contribution >= 4 is 91.4 Å². The normalized spacial score (nSPS) is 21.7. The predicted octanol–water partition coefficient (Wildman–Crippen LogP) is 6.69. The summed E-state index contributed by atoms with van der Waals surface area (Å²) in [6.45, 7) is 9.17. The maximum absolute atomic E-state index is 14.8. The maximum atomic E-state index is 14.8. The molecule has 3 heterocycles. The SMILES string of the molecule is C=C[C@@H]1C[C@]1(NC(=O)[C@@H]1C[C@@H](Oc2ncc(OC)c3ccc(Cl)cc23)CN1C(=O)[C@@H](Nc1nc(-c2ccc(F)cc2F)cs1)C(C)(C)C)C(=O)NS(=O)(=O)C1CC1.Cl.Cl. The largest absolute Gasteiger partial charge is 0.494 e. The van der Waals surface area contributed by atoms with Crippen LogP contribution in [0.3, 0.4) is 0 Å². The number of halogens is 5. The van der Waals surface area contributed by atoms with Crippen LogP contribution in [0.15, 0.2) is 60.6 Å². The predicted molar refractivity (Wildman–Crippen MR) is 226 cm³/mol. The van der Waals surface area contributed by atoms with E-state index in [1.165, 1.54) is 30.3 Å². The lowest BCUT2D eigenvalue weighted by molar-refractivity contribution is -0.141. The number of sulfonamides is 1. The Labute approximate surface area is 361 Å². The number of anilines is 1. The molecule has 3 fully saturated rings. The summed E-state index contributed by atoms with van der Waals surface area (Å²) in [5.41, 5.74) is -2.05. The quantitative estimate of drug-likeness (QED) is 0.123. The van der Waals surface area contributed by atoms with Gasteiger partial charge >= 0.3 is 0 Å². The Morgan fingerprint density at radius 1 is 1.12 bits per heavy atom. The van der Waals surface area contributed by atoms with Gasteiger partial charge in [0, 0.05) is 45.1 Å². The molecule has 2 aromatic heterocycles. The number of carbonyl (C=O) groups is 3. The summed E-state index contributed by atoms with van der Waals surface area (Å²) in [5.74, 6) is -3.46. The number of thiazole rings is 1. The molecule has 7 rings (SSSR count). The van der Waals surface area contributed by atoms with E-state index < -0.39 is 79.7 Å². The minimum absolute atomic E-state index is 0. The highest BCUT2D eigenvalue weighted by atomic mass is 35.5. The first-order valence-electron chi connectivity index (χ1n) is 18.2. The van der Waals surface area contributed by atoms with Crippen molar-refractivity contribution in [1.82, 2.24) is 24.9 Å². The molecule has 0 spiro atoms. The monoisotopic (exact) mass is 914 g/mol. The van der Waals surface area contributed by atoms with Crippen molar-refractivity contribution in [1.29, 1.82) is 0 Å². The zero-order chi connectivity index (χ0) is 41.0. The molecule has 0 bridgehead atoms. The van der Waals surface area contributed by atoms with Crippen molar-refractivity contribution in [2.24, 2.45) is 11.3 Å². The van der Waals surface area contributed by atoms with Gasteiger partial charge in [0.25, 0.3) is 5.91 Å². The molecule has 5 atom stereocenters. The van der Waals surface area contributed by atoms with Crippen molar-refractivity contribution in [3.05, 3.63) is 77.3 Å². The van der Waals surface area contributed by atoms with Crippen LogP contribution in [0.25, 0.3) is 22.0 Å². The van der Waals surface area contributed by atoms with E-state index in [1.54, 1.807) is 23.6 Å². The lowest BCUT2D eigenvalue weighted by Crippen LogP contribution is -2.58. The van der Waals surface area contributed by atoms with Gasteiger partial charge in [-0.15, -0.1) is 42.7 Å². The molecule has 20 heteroatoms. The zero-order valence-electron chi connectivity index (χ0n) is 32.3. The number of methoxy groups -OCH3 is 1. The number of aromatic nitrogens is 2. The van der Waals surface area contributed by atoms with Crippen LogP contribution in [0, 0.1) is 23.0 Å². The third-order valence-corrected chi connectivity index (χ3v) is 13.3. The van der Waals surface area contributed by atoms with Crippen molar-refractivity contribution in [3.8, 4) is 22.9 Å². The Bertz CT molecular complexity index is 2400. The van der Waals surface area contributed by atoms with E-state index in [2.05, 4.69) is 31.9 Å². The molecule has 318 valence electrons. The van der Waals surface area contributed by atoms with Gasteiger partial charge in [0.05, 0.1) is 30.8 Å². The smallest absolute Gasteiger partial charge is 0.259 e. The van der Waals surface area contributed by atoms with Gasteiger partial charge in [0.15, 0.2) is 5.13 Å². The highest BCUT2D eigenvalue weighted by Crippen LogP contribution is 2.46. The number of carbonyl (C=O) groups excluding carboxylic acids is 3. The average molecular weight is 916 g/mol. The lowest BCUT2D eigenvalue weighted by atomic mass is 9.85. The summed E-state index contributed by atoms with van der Waals surface area (Å²) in [5, 5.41) is 8.80. The van der Waals surface area contributed by atoms with Gasteiger partial charge in [0.2, 0.25) is 27.7 Å². The summed E-state index contributed by atoms with van der Waals surface area (Å²) in [6.07, 6.45) is 3.16. The Balaban J connectivity index is 0.00000331. The molecule has 1 saturated heterocycles. The first kappa shape index (κ1) is 45.8. The zero-order valence-corrected chi connectivity index (χ0v) is 36.3. The number of benzene rings is 2. The van der Waals surface area contributed by atoms with Crippen LogP contribution in [-0.4, -0.2) is 83.6 Å². The van der Waals surface area contributed by atoms with Crippen molar-refractivity contribution in [2.45, 2.75) is 75.4 Å². The number of nitrogens with one attached hydrogen (secondary N) is 3. The number of hydrogen-bond acceptors (Lipinski definition) is 11. The highest BCUT2D eigenvalue weighted by molar-refractivity contribution is 7.91. The van der Waals surface area contributed by atoms with Crippen LogP contribution in [0.2, 0.25) is 5.02 Å². The fraction of sp³-hybridized carbons (Fsp3) is 0.410. The van der Waals surface area contributed by atoms with Crippen LogP contribution in [-0.2, 0) is 24.4 Å². The molecule has 0 radical (unpaired) electrons. The molecule has 0 unspecified atom stereocenters. The van der Waals surface area contributed by atoms with Crippen molar-refractivity contribution in [2.75, 3.05) is 19.0 Å². The molecular formula is C39H43Cl3F2N6O7S2. The molecule has 3 N–H and O–H groups in total. The Morgan fingerprint density at radius 3 is 2.47 bits per heavy atom. The summed E-state index contributed by atoms with van der Waals surface area (Å²) in [6, 6.07) is 6.12. The summed E-state index contributed by atoms with van der Waals surface area (Å²) >= 11 is 7.47. The van der Waals surface area contributed by atoms with Gasteiger partial charge in [-0.3, -0.25) is 19.1 Å². The number of fused-ring (bicyclic) bond motifs is 1. The topological polar surface area (TPSA) is 169 Å². The number of ether oxygens (including phenoxy) is 2. The fourth-order valence-electron chi connectivity index (χ4n) is 7.07. The molecule has 13 nitrogen and oxygen atoms in total. The Kier molecular flexibility index (Phi) is 13.5. The van der Waals surface area contributed by atoms with E-state index in [0.717, 1.165) is 23.5 Å². The number of hydrogen-bond donors (Lipinski definition) is 3. The second-order valence-electron chi connectivity index (χ2n) is 15.6. The van der Waals surface area contributed by atoms with Crippen LogP contribution in [0.5, 0.6) is 11.6 Å². The van der Waals surface area contributed by atoms with Crippen LogP contribution >= 0.6 is 47.8 Å². The lowest BCUT2D eigenvalue weighted by Gasteiger charge is -2.35. The van der Waals surface area contributed by atoms with Crippen molar-refractivity contribution < 1.29 is 41.1 Å². The first-order valence-corrected chi connectivity index (χ1v) is 21.0. The van der Waals surface area contributed by atoms with Gasteiger partial charge in [-0.25, -0.2) is 27.2 Å². The summed E-state index contributed by atoms with van der Waals surface area (Å²) in [4.78, 5) is 53.1. The fourth-order valence-corrected chi connectivity index (χ4v) is 9.35. The third-order valence-electron chi connectivity index (χ3n) is 10.5. The van der Waals surface area contributed by atoms with E-state index in [0.29, 0.717) is 34.4 Å². The molecule has 3 amide bonds. The first-order chi connectivity index (χ1) is 26.9. The minimum Gasteiger partial charge on any atom is -0.494 e. The Hall–Kier alpha value is -4.29. The molecule has 3 aliphatic rings. The van der Waals surface area contributed by atoms with E-state index in [4.69, 9.17) is 21.1 Å². The van der Waals surface area contributed by atoms with E-state index in [9.17, 15) is 31.6 Å². The average Bonchev–Trinajstić information content (AvgIpc) is 4.04. The number of likely N-dealkylation sites (tertiary alicyclic amines) is 1. The molecule has 2 aliphatic carbocycles. The molecule has 1 aliphatic heterocycles. The van der Waals surface area contributed by atoms with Crippen LogP contribution in [0.4, 0.5) is 13.9 Å². The van der Waals surface area contributed by atoms with Gasteiger partial charge in [-0.1, -0.05) is 38.4 Å². The van der Waals surface area contributed by atoms with Crippen LogP contribution < -0.4 is 24.8 Å². The van der Waals surface area contributed by atoms with E-state index in [1.807, 2.05) is 20.8 Å². The molecule has 59 heavy (non-hydrogen) atoms. The van der Waals surface area contributed by atoms with Gasteiger partial charge in [-0.2, -0.15) is 0 Å². The van der Waals surface area contributed by atoms with Gasteiger partial charge in [-0.05, 0) is 55.0 Å². The number of pyridine rings is 1. The molecule has 2 saturated carbocycles. The summed E-state index contributed by atoms with van der Waals surface area (Å²) in [7, 11) is -2.43. The highest BCUT2D eigenvalue weighted by Gasteiger charge is 2.62. The standard InChI is InChI=1S/C39H41ClF2N6O7S2.2ClH/c1-6-20-16-39(20,36(51)47-57(52,53)24-9-10-24)46-33(49)30-15-23(55-34-27-13-21(40)7-11-25(27)31(54-5)17-43-34)18-48(30)35(50)32(38(2,3)4)45-37-44-29(19-56-37)26-12-8-22(41)14-28(26)42;;/h6-8,11-14,17,19-20,23-24,30,32H,1,9-10,15-16,18H2,2-5H3,(H,44,45)(H,46,49)(H,47,51);2*1H/t20-,23-,30+,32-,39-;;/m1../s1. The van der Waals surface area contributed by atoms with Crippen LogP contribution in [0.1, 0.15) is 46.5 Å². The van der Waals surface area contributed by atoms with Gasteiger partial charge in [0.1, 0.15) is 41.1 Å². The Morgan fingerprint density at radius 2 is 1.85 bits per heavy atom. The summed E-state index contributed by atoms with van der Waals surface area (Å²) < 4.78 is 67.8.